The minimum atomic E-state index is -1.02. The molecule has 0 heterocycles. The van der Waals surface area contributed by atoms with Crippen molar-refractivity contribution in [3.05, 3.63) is 149 Å². The van der Waals surface area contributed by atoms with Gasteiger partial charge in [-0.3, -0.25) is 6.08 Å². The summed E-state index contributed by atoms with van der Waals surface area (Å²) in [6, 6.07) is 37.3. The van der Waals surface area contributed by atoms with Crippen LogP contribution in [0.3, 0.4) is 0 Å². The van der Waals surface area contributed by atoms with Crippen molar-refractivity contribution >= 4 is 32.8 Å². The van der Waals surface area contributed by atoms with E-state index in [-0.39, 0.29) is 35.6 Å². The summed E-state index contributed by atoms with van der Waals surface area (Å²) in [7, 11) is -1.02. The maximum atomic E-state index is 3.29. The van der Waals surface area contributed by atoms with Crippen molar-refractivity contribution < 1.29 is 49.0 Å². The Morgan fingerprint density at radius 1 is 0.660 bits per heavy atom. The Bertz CT molecular complexity index is 1700. The van der Waals surface area contributed by atoms with Crippen molar-refractivity contribution in [1.82, 2.24) is 0 Å². The topological polar surface area (TPSA) is 0 Å². The summed E-state index contributed by atoms with van der Waals surface area (Å²) >= 11 is 1.46. The van der Waals surface area contributed by atoms with Crippen molar-refractivity contribution in [1.29, 1.82) is 0 Å². The molecule has 47 heavy (non-hydrogen) atoms. The van der Waals surface area contributed by atoms with Crippen LogP contribution in [0.25, 0.3) is 21.5 Å². The number of allylic oxidation sites excluding steroid dienone is 4. The molecular formula is C43H50Cl2SiZr-2. The van der Waals surface area contributed by atoms with E-state index < -0.39 is 8.07 Å². The average molecular weight is 757 g/mol. The molecule has 0 radical (unpaired) electrons. The third-order valence-electron chi connectivity index (χ3n) is 8.36. The summed E-state index contributed by atoms with van der Waals surface area (Å²) in [6.07, 6.45) is 7.81. The standard InChI is InChI=1S/C21H25.C13H10.C9H15Si.2ClH.Zr/c1-20(2,3)16-9-7-14-11-15-8-10-17(21(4,5)6)13-19(15)18(14)12-16;1-3-7-12(8-4-1)11-13-9-5-2-6-10-13;1-8-5-6-9(7-8)10(2,3)4;;;/h7-13H,1-6H3;1-10H;6-8H,1-4H3;2*1H;/q-1;;-1;;;+2/p-2. The molecule has 246 valence electrons. The van der Waals surface area contributed by atoms with Crippen LogP contribution in [-0.2, 0) is 35.1 Å². The fourth-order valence-electron chi connectivity index (χ4n) is 5.36. The Hall–Kier alpha value is -2.22. The van der Waals surface area contributed by atoms with Gasteiger partial charge in [0, 0.05) is 0 Å². The molecule has 5 aromatic carbocycles. The van der Waals surface area contributed by atoms with Crippen LogP contribution in [-0.4, -0.2) is 11.3 Å². The van der Waals surface area contributed by atoms with E-state index in [0.29, 0.717) is 5.92 Å². The van der Waals surface area contributed by atoms with Gasteiger partial charge in [-0.15, -0.1) is 39.7 Å². The van der Waals surface area contributed by atoms with E-state index in [0.717, 1.165) is 0 Å². The Kier molecular flexibility index (Phi) is 14.8. The summed E-state index contributed by atoms with van der Waals surface area (Å²) < 4.78 is 1.42. The molecule has 0 saturated carbocycles. The first-order valence-corrected chi connectivity index (χ1v) is 20.9. The molecule has 0 spiro atoms. The molecule has 0 amide bonds. The molecule has 6 rings (SSSR count). The molecule has 0 N–H and O–H groups in total. The minimum absolute atomic E-state index is 0. The number of benzene rings is 4. The predicted octanol–water partition coefficient (Wildman–Crippen LogP) is 5.92. The SMILES string of the molecule is CC(C)(C)c1ccc2[cH-]c3ccc(C(C)(C)C)cc3c2c1.CC1[C-]=CC([Si](C)(C)C)=C1.[Cl-].[Cl-].[Zr+2]=[C](c1ccccc1)c1ccccc1. The van der Waals surface area contributed by atoms with E-state index in [2.05, 4.69) is 189 Å². The first-order valence-electron chi connectivity index (χ1n) is 16.2. The van der Waals surface area contributed by atoms with Gasteiger partial charge in [0.2, 0.25) is 0 Å². The van der Waals surface area contributed by atoms with Crippen LogP contribution in [0.5, 0.6) is 0 Å². The van der Waals surface area contributed by atoms with E-state index in [4.69, 9.17) is 0 Å². The van der Waals surface area contributed by atoms with E-state index in [1.54, 1.807) is 5.20 Å². The van der Waals surface area contributed by atoms with Gasteiger partial charge in [-0.25, -0.2) is 11.3 Å². The van der Waals surface area contributed by atoms with Crippen molar-refractivity contribution in [2.45, 2.75) is 78.9 Å². The number of fused-ring (bicyclic) bond motifs is 3. The Balaban J connectivity index is 0.000000258. The fourth-order valence-corrected chi connectivity index (χ4v) is 7.45. The van der Waals surface area contributed by atoms with Crippen LogP contribution >= 0.6 is 0 Å². The van der Waals surface area contributed by atoms with Crippen molar-refractivity contribution in [3.8, 4) is 0 Å². The molecule has 0 bridgehead atoms. The third-order valence-corrected chi connectivity index (χ3v) is 11.8. The average Bonchev–Trinajstić information content (AvgIpc) is 3.60. The third kappa shape index (κ3) is 11.2. The number of rotatable bonds is 3. The molecule has 0 fully saturated rings. The summed E-state index contributed by atoms with van der Waals surface area (Å²) in [6.45, 7) is 23.0. The normalized spacial score (nSPS) is 14.2. The number of halogens is 2. The Labute approximate surface area is 313 Å². The van der Waals surface area contributed by atoms with E-state index in [1.807, 2.05) is 0 Å². The second-order valence-corrected chi connectivity index (χ2v) is 21.6. The molecule has 0 saturated heterocycles. The van der Waals surface area contributed by atoms with Gasteiger partial charge in [0.15, 0.2) is 0 Å². The van der Waals surface area contributed by atoms with E-state index in [1.165, 1.54) is 71.2 Å². The van der Waals surface area contributed by atoms with Crippen LogP contribution in [0.4, 0.5) is 0 Å². The van der Waals surface area contributed by atoms with Gasteiger partial charge in [-0.2, -0.15) is 6.08 Å². The zero-order chi connectivity index (χ0) is 33.0. The van der Waals surface area contributed by atoms with Crippen molar-refractivity contribution in [2.24, 2.45) is 5.92 Å². The first-order chi connectivity index (χ1) is 21.0. The van der Waals surface area contributed by atoms with Gasteiger partial charge >= 0.3 is 99.2 Å². The molecule has 1 aliphatic carbocycles. The fraction of sp³-hybridized carbons (Fsp3) is 0.302. The van der Waals surface area contributed by atoms with Gasteiger partial charge in [0.1, 0.15) is 0 Å². The number of hydrogen-bond acceptors (Lipinski definition) is 0. The molecule has 0 nitrogen and oxygen atoms in total. The molecule has 1 unspecified atom stereocenters. The van der Waals surface area contributed by atoms with Crippen LogP contribution in [0.1, 0.15) is 70.7 Å². The zero-order valence-electron chi connectivity index (χ0n) is 29.8. The van der Waals surface area contributed by atoms with E-state index in [9.17, 15) is 0 Å². The van der Waals surface area contributed by atoms with E-state index >= 15 is 0 Å². The maximum absolute atomic E-state index is 3.29. The Morgan fingerprint density at radius 2 is 1.06 bits per heavy atom. The summed E-state index contributed by atoms with van der Waals surface area (Å²) in [5.41, 5.74) is 5.86. The summed E-state index contributed by atoms with van der Waals surface area (Å²) in [4.78, 5) is 0. The zero-order valence-corrected chi connectivity index (χ0v) is 34.8. The van der Waals surface area contributed by atoms with Crippen LogP contribution in [0.15, 0.2) is 120 Å². The second-order valence-electron chi connectivity index (χ2n) is 15.3. The Morgan fingerprint density at radius 3 is 1.36 bits per heavy atom. The first kappa shape index (κ1) is 41.0. The van der Waals surface area contributed by atoms with Gasteiger partial charge < -0.3 is 24.8 Å². The van der Waals surface area contributed by atoms with Crippen molar-refractivity contribution in [2.75, 3.05) is 0 Å². The summed E-state index contributed by atoms with van der Waals surface area (Å²) in [5, 5.41) is 7.04. The van der Waals surface area contributed by atoms with Crippen molar-refractivity contribution in [3.63, 3.8) is 0 Å². The molecule has 4 heteroatoms. The summed E-state index contributed by atoms with van der Waals surface area (Å²) in [5.74, 6) is 0.557. The quantitative estimate of drug-likeness (QED) is 0.159. The van der Waals surface area contributed by atoms with Crippen LogP contribution < -0.4 is 24.8 Å². The number of hydrogen-bond donors (Lipinski definition) is 0. The molecule has 0 aromatic heterocycles. The molecule has 1 aliphatic rings. The van der Waals surface area contributed by atoms with Gasteiger partial charge in [0.05, 0.1) is 0 Å². The van der Waals surface area contributed by atoms with Crippen LogP contribution in [0, 0.1) is 12.0 Å². The molecule has 1 atom stereocenters. The van der Waals surface area contributed by atoms with Crippen LogP contribution in [0.2, 0.25) is 19.6 Å². The van der Waals surface area contributed by atoms with Gasteiger partial charge in [-0.1, -0.05) is 109 Å². The molecular weight excluding hydrogens is 707 g/mol. The second kappa shape index (κ2) is 16.9. The molecule has 0 aliphatic heterocycles. The molecule has 5 aromatic rings. The predicted molar refractivity (Wildman–Crippen MR) is 199 cm³/mol. The van der Waals surface area contributed by atoms with Gasteiger partial charge in [-0.05, 0) is 18.9 Å². The van der Waals surface area contributed by atoms with Gasteiger partial charge in [0.25, 0.3) is 0 Å². The monoisotopic (exact) mass is 754 g/mol.